The summed E-state index contributed by atoms with van der Waals surface area (Å²) in [5, 5.41) is 3.47. The Morgan fingerprint density at radius 1 is 1.75 bits per heavy atom. The Bertz CT molecular complexity index is 257. The van der Waals surface area contributed by atoms with Gasteiger partial charge in [0, 0.05) is 4.88 Å². The fourth-order valence-electron chi connectivity index (χ4n) is 1.80. The number of hydrogen-bond donors (Lipinski definition) is 1. The van der Waals surface area contributed by atoms with E-state index in [4.69, 9.17) is 0 Å². The fourth-order valence-corrected chi connectivity index (χ4v) is 2.67. The molecule has 0 aromatic carbocycles. The van der Waals surface area contributed by atoms with Gasteiger partial charge in [0.05, 0.1) is 17.2 Å². The minimum absolute atomic E-state index is 0.532. The molecule has 66 valence electrons. The second-order valence-corrected chi connectivity index (χ2v) is 4.10. The van der Waals surface area contributed by atoms with Crippen molar-refractivity contribution in [3.63, 3.8) is 0 Å². The van der Waals surface area contributed by atoms with E-state index < -0.39 is 0 Å². The topological polar surface area (TPSA) is 24.9 Å². The van der Waals surface area contributed by atoms with Gasteiger partial charge in [-0.1, -0.05) is 6.92 Å². The van der Waals surface area contributed by atoms with Gasteiger partial charge in [-0.25, -0.2) is 4.98 Å². The molecule has 0 saturated heterocycles. The maximum atomic E-state index is 4.41. The molecule has 12 heavy (non-hydrogen) atoms. The molecule has 0 spiro atoms. The Kier molecular flexibility index (Phi) is 2.42. The average molecular weight is 182 g/mol. The summed E-state index contributed by atoms with van der Waals surface area (Å²) in [6, 6.07) is 0.532. The van der Waals surface area contributed by atoms with Crippen LogP contribution in [0.4, 0.5) is 0 Å². The minimum Gasteiger partial charge on any atom is -0.309 e. The Morgan fingerprint density at radius 3 is 3.50 bits per heavy atom. The smallest absolute Gasteiger partial charge is 0.0798 e. The van der Waals surface area contributed by atoms with E-state index >= 15 is 0 Å². The molecule has 0 fully saturated rings. The van der Waals surface area contributed by atoms with Crippen molar-refractivity contribution < 1.29 is 0 Å². The normalized spacial score (nSPS) is 22.2. The number of nitrogens with one attached hydrogen (secondary N) is 1. The van der Waals surface area contributed by atoms with E-state index in [-0.39, 0.29) is 0 Å². The largest absolute Gasteiger partial charge is 0.309 e. The summed E-state index contributed by atoms with van der Waals surface area (Å²) in [5.74, 6) is 0. The Balaban J connectivity index is 2.19. The van der Waals surface area contributed by atoms with E-state index in [1.165, 1.54) is 29.8 Å². The van der Waals surface area contributed by atoms with Crippen LogP contribution in [0.15, 0.2) is 5.51 Å². The van der Waals surface area contributed by atoms with Crippen LogP contribution in [0.1, 0.15) is 36.4 Å². The number of nitrogens with zero attached hydrogens (tertiary/aromatic N) is 1. The van der Waals surface area contributed by atoms with Crippen LogP contribution in [-0.4, -0.2) is 11.5 Å². The molecule has 0 amide bonds. The maximum absolute atomic E-state index is 4.41. The van der Waals surface area contributed by atoms with Gasteiger partial charge in [-0.3, -0.25) is 0 Å². The molecule has 0 saturated carbocycles. The minimum atomic E-state index is 0.532. The fraction of sp³-hybridized carbons (Fsp3) is 0.667. The first kappa shape index (κ1) is 8.20. The van der Waals surface area contributed by atoms with E-state index in [0.29, 0.717) is 6.04 Å². The quantitative estimate of drug-likeness (QED) is 0.758. The molecule has 1 heterocycles. The van der Waals surface area contributed by atoms with Crippen molar-refractivity contribution in [3.05, 3.63) is 16.1 Å². The second-order valence-electron chi connectivity index (χ2n) is 3.16. The van der Waals surface area contributed by atoms with E-state index in [1.54, 1.807) is 11.3 Å². The number of aryl methyl sites for hydroxylation is 1. The summed E-state index contributed by atoms with van der Waals surface area (Å²) in [5.41, 5.74) is 3.29. The molecule has 1 unspecified atom stereocenters. The van der Waals surface area contributed by atoms with Crippen LogP contribution in [0.3, 0.4) is 0 Å². The third-order valence-electron chi connectivity index (χ3n) is 2.35. The van der Waals surface area contributed by atoms with Gasteiger partial charge in [0.25, 0.3) is 0 Å². The highest BCUT2D eigenvalue weighted by atomic mass is 32.1. The molecule has 1 aromatic heterocycles. The Morgan fingerprint density at radius 2 is 2.67 bits per heavy atom. The van der Waals surface area contributed by atoms with Crippen molar-refractivity contribution in [1.29, 1.82) is 0 Å². The molecule has 1 aliphatic carbocycles. The molecule has 0 radical (unpaired) electrons. The molecule has 0 aliphatic heterocycles. The van der Waals surface area contributed by atoms with Gasteiger partial charge in [-0.05, 0) is 25.8 Å². The number of hydrogen-bond acceptors (Lipinski definition) is 3. The number of fused-ring (bicyclic) bond motifs is 1. The maximum Gasteiger partial charge on any atom is 0.0798 e. The van der Waals surface area contributed by atoms with Crippen molar-refractivity contribution in [1.82, 2.24) is 10.3 Å². The summed E-state index contributed by atoms with van der Waals surface area (Å²) in [7, 11) is 0. The Hall–Kier alpha value is -0.410. The van der Waals surface area contributed by atoms with Gasteiger partial charge in [-0.15, -0.1) is 11.3 Å². The molecular formula is C9H14N2S. The zero-order valence-corrected chi connectivity index (χ0v) is 8.16. The third kappa shape index (κ3) is 1.39. The molecule has 0 bridgehead atoms. The molecule has 1 aliphatic rings. The molecule has 2 nitrogen and oxygen atoms in total. The lowest BCUT2D eigenvalue weighted by molar-refractivity contribution is 0.465. The van der Waals surface area contributed by atoms with E-state index in [2.05, 4.69) is 17.2 Å². The highest BCUT2D eigenvalue weighted by Crippen LogP contribution is 2.30. The lowest BCUT2D eigenvalue weighted by atomic mass is 9.98. The lowest BCUT2D eigenvalue weighted by Gasteiger charge is -2.21. The summed E-state index contributed by atoms with van der Waals surface area (Å²) < 4.78 is 0. The standard InChI is InChI=1S/C9H14N2S/c1-2-10-7-4-3-5-8-9(7)11-6-12-8/h6-7,10H,2-5H2,1H3. The first-order valence-corrected chi connectivity index (χ1v) is 5.45. The summed E-state index contributed by atoms with van der Waals surface area (Å²) in [6.45, 7) is 3.20. The van der Waals surface area contributed by atoms with Crippen molar-refractivity contribution >= 4 is 11.3 Å². The monoisotopic (exact) mass is 182 g/mol. The van der Waals surface area contributed by atoms with Gasteiger partial charge in [-0.2, -0.15) is 0 Å². The first-order valence-electron chi connectivity index (χ1n) is 4.57. The van der Waals surface area contributed by atoms with E-state index in [1.807, 2.05) is 5.51 Å². The molecular weight excluding hydrogens is 168 g/mol. The van der Waals surface area contributed by atoms with Crippen LogP contribution in [0.5, 0.6) is 0 Å². The van der Waals surface area contributed by atoms with E-state index in [9.17, 15) is 0 Å². The Labute approximate surface area is 77.0 Å². The van der Waals surface area contributed by atoms with Crippen LogP contribution in [-0.2, 0) is 6.42 Å². The lowest BCUT2D eigenvalue weighted by Crippen LogP contribution is -2.24. The predicted molar refractivity (Wildman–Crippen MR) is 51.5 cm³/mol. The van der Waals surface area contributed by atoms with Gasteiger partial charge < -0.3 is 5.32 Å². The summed E-state index contributed by atoms with van der Waals surface area (Å²) in [6.07, 6.45) is 3.80. The molecule has 1 atom stereocenters. The number of rotatable bonds is 2. The van der Waals surface area contributed by atoms with Crippen LogP contribution < -0.4 is 5.32 Å². The zero-order valence-electron chi connectivity index (χ0n) is 7.34. The van der Waals surface area contributed by atoms with Crippen LogP contribution in [0.25, 0.3) is 0 Å². The van der Waals surface area contributed by atoms with Crippen LogP contribution in [0, 0.1) is 0 Å². The number of aromatic nitrogens is 1. The zero-order chi connectivity index (χ0) is 8.39. The van der Waals surface area contributed by atoms with Crippen molar-refractivity contribution in [3.8, 4) is 0 Å². The highest BCUT2D eigenvalue weighted by molar-refractivity contribution is 7.09. The van der Waals surface area contributed by atoms with Crippen molar-refractivity contribution in [2.75, 3.05) is 6.54 Å². The molecule has 1 N–H and O–H groups in total. The average Bonchev–Trinajstić information content (AvgIpc) is 2.53. The molecule has 3 heteroatoms. The predicted octanol–water partition coefficient (Wildman–Crippen LogP) is 2.13. The highest BCUT2D eigenvalue weighted by Gasteiger charge is 2.21. The SMILES string of the molecule is CCNC1CCCc2scnc21. The van der Waals surface area contributed by atoms with Crippen molar-refractivity contribution in [2.24, 2.45) is 0 Å². The van der Waals surface area contributed by atoms with Gasteiger partial charge in [0.15, 0.2) is 0 Å². The summed E-state index contributed by atoms with van der Waals surface area (Å²) in [4.78, 5) is 5.91. The molecule has 2 rings (SSSR count). The summed E-state index contributed by atoms with van der Waals surface area (Å²) >= 11 is 1.80. The van der Waals surface area contributed by atoms with Crippen LogP contribution >= 0.6 is 11.3 Å². The number of thiazole rings is 1. The first-order chi connectivity index (χ1) is 5.92. The van der Waals surface area contributed by atoms with Crippen molar-refractivity contribution in [2.45, 2.75) is 32.2 Å². The molecule has 1 aromatic rings. The van der Waals surface area contributed by atoms with Gasteiger partial charge in [0.2, 0.25) is 0 Å². The van der Waals surface area contributed by atoms with Crippen LogP contribution in [0.2, 0.25) is 0 Å². The van der Waals surface area contributed by atoms with Gasteiger partial charge in [0.1, 0.15) is 0 Å². The third-order valence-corrected chi connectivity index (χ3v) is 3.26. The van der Waals surface area contributed by atoms with Gasteiger partial charge >= 0.3 is 0 Å². The van der Waals surface area contributed by atoms with E-state index in [0.717, 1.165) is 6.54 Å². The second kappa shape index (κ2) is 3.54.